The Kier molecular flexibility index (Phi) is 7.59. The van der Waals surface area contributed by atoms with E-state index in [1.807, 2.05) is 32.0 Å². The lowest BCUT2D eigenvalue weighted by Crippen LogP contribution is -2.41. The molecule has 0 saturated heterocycles. The van der Waals surface area contributed by atoms with E-state index in [1.165, 1.54) is 0 Å². The molecule has 0 spiro atoms. The molecule has 1 aromatic heterocycles. The molecule has 1 heterocycles. The molecule has 0 amide bonds. The second-order valence-electron chi connectivity index (χ2n) is 7.72. The minimum atomic E-state index is -1.32. The van der Waals surface area contributed by atoms with Gasteiger partial charge in [-0.05, 0) is 63.8 Å². The van der Waals surface area contributed by atoms with Crippen molar-refractivity contribution < 1.29 is 19.1 Å². The van der Waals surface area contributed by atoms with Crippen LogP contribution in [-0.2, 0) is 19.1 Å². The van der Waals surface area contributed by atoms with E-state index in [0.29, 0.717) is 6.42 Å². The molecule has 1 aromatic carbocycles. The van der Waals surface area contributed by atoms with E-state index in [4.69, 9.17) is 9.47 Å². The second kappa shape index (κ2) is 10.2. The van der Waals surface area contributed by atoms with Crippen LogP contribution in [0.25, 0.3) is 0 Å². The minimum absolute atomic E-state index is 0.0166. The van der Waals surface area contributed by atoms with E-state index < -0.39 is 17.4 Å². The molecule has 0 aliphatic heterocycles. The maximum Gasteiger partial charge on any atom is 0.323 e. The summed E-state index contributed by atoms with van der Waals surface area (Å²) in [5, 5.41) is 8.26. The predicted octanol–water partition coefficient (Wildman–Crippen LogP) is 3.12. The molecule has 1 N–H and O–H groups in total. The van der Waals surface area contributed by atoms with E-state index in [9.17, 15) is 9.59 Å². The third kappa shape index (κ3) is 5.03. The molecule has 9 heteroatoms. The standard InChI is InChI=1S/C22H30N4O4S/c1-5-29-20(27)22(21(28)30-6-2)12-17(14-31-18-10-8-7-9-11-18)19(13-22)24-26-16(4)15(3)23-25-26/h7-11,17,19,24H,5-6,12-14H2,1-4H3/t17-,19+/m0/s1. The van der Waals surface area contributed by atoms with Crippen LogP contribution in [0.3, 0.4) is 0 Å². The number of rotatable bonds is 9. The summed E-state index contributed by atoms with van der Waals surface area (Å²) in [6.07, 6.45) is 0.637. The first-order chi connectivity index (χ1) is 14.9. The van der Waals surface area contributed by atoms with Crippen molar-refractivity contribution in [3.8, 4) is 0 Å². The third-order valence-electron chi connectivity index (χ3n) is 5.70. The maximum absolute atomic E-state index is 13.0. The fraction of sp³-hybridized carbons (Fsp3) is 0.545. The van der Waals surface area contributed by atoms with Gasteiger partial charge in [-0.2, -0.15) is 4.79 Å². The zero-order valence-electron chi connectivity index (χ0n) is 18.5. The smallest absolute Gasteiger partial charge is 0.323 e. The first-order valence-corrected chi connectivity index (χ1v) is 11.6. The van der Waals surface area contributed by atoms with Crippen molar-refractivity contribution in [2.24, 2.45) is 11.3 Å². The minimum Gasteiger partial charge on any atom is -0.465 e. The van der Waals surface area contributed by atoms with E-state index >= 15 is 0 Å². The number of thioether (sulfide) groups is 1. The average molecular weight is 447 g/mol. The van der Waals surface area contributed by atoms with E-state index in [2.05, 4.69) is 27.9 Å². The zero-order chi connectivity index (χ0) is 22.4. The van der Waals surface area contributed by atoms with Gasteiger partial charge in [-0.25, -0.2) is 0 Å². The lowest BCUT2D eigenvalue weighted by atomic mass is 9.85. The SMILES string of the molecule is CCOC(=O)C1(C(=O)OCC)C[C@@H](CSc2ccccc2)[C@H](Nn2nnc(C)c2C)C1. The van der Waals surface area contributed by atoms with Crippen molar-refractivity contribution in [1.82, 2.24) is 15.1 Å². The number of carbonyl (C=O) groups excluding carboxylic acids is 2. The topological polar surface area (TPSA) is 95.3 Å². The summed E-state index contributed by atoms with van der Waals surface area (Å²) in [4.78, 5) is 28.7. The van der Waals surface area contributed by atoms with E-state index in [-0.39, 0.29) is 31.6 Å². The molecule has 1 fully saturated rings. The van der Waals surface area contributed by atoms with Crippen LogP contribution in [-0.4, -0.2) is 52.0 Å². The van der Waals surface area contributed by atoms with Crippen molar-refractivity contribution in [3.05, 3.63) is 41.7 Å². The molecule has 1 saturated carbocycles. The molecule has 0 unspecified atom stereocenters. The van der Waals surface area contributed by atoms with Gasteiger partial charge in [-0.15, -0.1) is 16.9 Å². The number of nitrogens with one attached hydrogen (secondary N) is 1. The number of hydrogen-bond acceptors (Lipinski definition) is 8. The number of ether oxygens (including phenoxy) is 2. The summed E-state index contributed by atoms with van der Waals surface area (Å²) >= 11 is 1.70. The molecule has 2 aromatic rings. The molecule has 8 nitrogen and oxygen atoms in total. The average Bonchev–Trinajstić information content (AvgIpc) is 3.29. The summed E-state index contributed by atoms with van der Waals surface area (Å²) in [5.74, 6) is -0.282. The van der Waals surface area contributed by atoms with Crippen LogP contribution >= 0.6 is 11.8 Å². The fourth-order valence-corrected chi connectivity index (χ4v) is 5.01. The monoisotopic (exact) mass is 446 g/mol. The van der Waals surface area contributed by atoms with Crippen molar-refractivity contribution in [2.75, 3.05) is 24.4 Å². The summed E-state index contributed by atoms with van der Waals surface area (Å²) in [5.41, 5.74) is 3.77. The summed E-state index contributed by atoms with van der Waals surface area (Å²) in [6, 6.07) is 9.90. The van der Waals surface area contributed by atoms with Crippen molar-refractivity contribution >= 4 is 23.7 Å². The highest BCUT2D eigenvalue weighted by Gasteiger charge is 2.57. The molecule has 2 atom stereocenters. The Morgan fingerprint density at radius 2 is 1.77 bits per heavy atom. The molecule has 1 aliphatic rings. The Balaban J connectivity index is 1.88. The summed E-state index contributed by atoms with van der Waals surface area (Å²) in [6.45, 7) is 7.72. The molecule has 0 bridgehead atoms. The number of benzene rings is 1. The molecule has 3 rings (SSSR count). The Morgan fingerprint density at radius 3 is 2.32 bits per heavy atom. The normalized spacial score (nSPS) is 19.7. The van der Waals surface area contributed by atoms with Crippen LogP contribution in [0, 0.1) is 25.2 Å². The molecular weight excluding hydrogens is 416 g/mol. The van der Waals surface area contributed by atoms with Crippen LogP contribution in [0.4, 0.5) is 0 Å². The van der Waals surface area contributed by atoms with Gasteiger partial charge in [0.2, 0.25) is 0 Å². The van der Waals surface area contributed by atoms with Gasteiger partial charge in [0.05, 0.1) is 24.6 Å². The maximum atomic E-state index is 13.0. The van der Waals surface area contributed by atoms with Crippen LogP contribution in [0.1, 0.15) is 38.1 Å². The van der Waals surface area contributed by atoms with Gasteiger partial charge in [-0.1, -0.05) is 18.2 Å². The molecule has 1 aliphatic carbocycles. The van der Waals surface area contributed by atoms with Crippen molar-refractivity contribution in [2.45, 2.75) is 51.5 Å². The quantitative estimate of drug-likeness (QED) is 0.357. The van der Waals surface area contributed by atoms with Crippen molar-refractivity contribution in [3.63, 3.8) is 0 Å². The first kappa shape index (κ1) is 23.1. The predicted molar refractivity (Wildman–Crippen MR) is 118 cm³/mol. The summed E-state index contributed by atoms with van der Waals surface area (Å²) in [7, 11) is 0. The number of carbonyl (C=O) groups is 2. The number of esters is 2. The lowest BCUT2D eigenvalue weighted by molar-refractivity contribution is -0.171. The summed E-state index contributed by atoms with van der Waals surface area (Å²) < 4.78 is 10.7. The van der Waals surface area contributed by atoms with E-state index in [1.54, 1.807) is 30.4 Å². The van der Waals surface area contributed by atoms with Gasteiger partial charge in [0.1, 0.15) is 0 Å². The fourth-order valence-electron chi connectivity index (χ4n) is 3.90. The molecule has 0 radical (unpaired) electrons. The van der Waals surface area contributed by atoms with Gasteiger partial charge in [0, 0.05) is 16.7 Å². The van der Waals surface area contributed by atoms with Crippen LogP contribution in [0.5, 0.6) is 0 Å². The van der Waals surface area contributed by atoms with Gasteiger partial charge in [0.25, 0.3) is 0 Å². The van der Waals surface area contributed by atoms with Gasteiger partial charge < -0.3 is 14.9 Å². The second-order valence-corrected chi connectivity index (χ2v) is 8.82. The third-order valence-corrected chi connectivity index (χ3v) is 6.90. The zero-order valence-corrected chi connectivity index (χ0v) is 19.3. The largest absolute Gasteiger partial charge is 0.465 e. The van der Waals surface area contributed by atoms with Gasteiger partial charge >= 0.3 is 11.9 Å². The first-order valence-electron chi connectivity index (χ1n) is 10.6. The Bertz CT molecular complexity index is 884. The van der Waals surface area contributed by atoms with Crippen LogP contribution in [0.15, 0.2) is 35.2 Å². The van der Waals surface area contributed by atoms with E-state index in [0.717, 1.165) is 22.0 Å². The molecular formula is C22H30N4O4S. The van der Waals surface area contributed by atoms with Gasteiger partial charge in [0.15, 0.2) is 5.41 Å². The molecule has 168 valence electrons. The Labute approximate surface area is 187 Å². The number of hydrogen-bond donors (Lipinski definition) is 1. The number of nitrogens with zero attached hydrogens (tertiary/aromatic N) is 3. The number of aryl methyl sites for hydroxylation is 1. The highest BCUT2D eigenvalue weighted by Crippen LogP contribution is 2.46. The lowest BCUT2D eigenvalue weighted by Gasteiger charge is -2.24. The highest BCUT2D eigenvalue weighted by molar-refractivity contribution is 7.99. The van der Waals surface area contributed by atoms with Gasteiger partial charge in [-0.3, -0.25) is 9.59 Å². The highest BCUT2D eigenvalue weighted by atomic mass is 32.2. The van der Waals surface area contributed by atoms with Crippen molar-refractivity contribution in [1.29, 1.82) is 0 Å². The molecule has 31 heavy (non-hydrogen) atoms. The Hall–Kier alpha value is -2.55. The number of aromatic nitrogens is 3. The van der Waals surface area contributed by atoms with Crippen LogP contribution < -0.4 is 5.43 Å². The Morgan fingerprint density at radius 1 is 1.13 bits per heavy atom. The van der Waals surface area contributed by atoms with Crippen LogP contribution in [0.2, 0.25) is 0 Å².